The number of hydrogen-bond acceptors (Lipinski definition) is 2. The fourth-order valence-electron chi connectivity index (χ4n) is 2.94. The van der Waals surface area contributed by atoms with Crippen LogP contribution in [0.2, 0.25) is 0 Å². The van der Waals surface area contributed by atoms with Crippen molar-refractivity contribution in [1.82, 2.24) is 15.1 Å². The van der Waals surface area contributed by atoms with E-state index in [1.165, 1.54) is 12.1 Å². The van der Waals surface area contributed by atoms with Gasteiger partial charge in [0.15, 0.2) is 0 Å². The van der Waals surface area contributed by atoms with E-state index in [0.717, 1.165) is 27.8 Å². The van der Waals surface area contributed by atoms with Crippen LogP contribution in [-0.4, -0.2) is 15.7 Å². The van der Waals surface area contributed by atoms with Crippen molar-refractivity contribution in [3.8, 4) is 22.3 Å². The third-order valence-corrected chi connectivity index (χ3v) is 4.10. The molecule has 1 aromatic heterocycles. The number of rotatable bonds is 2. The van der Waals surface area contributed by atoms with Gasteiger partial charge in [-0.15, -0.1) is 0 Å². The lowest BCUT2D eigenvalue weighted by molar-refractivity contribution is 0.0966. The van der Waals surface area contributed by atoms with E-state index in [2.05, 4.69) is 10.4 Å². The maximum atomic E-state index is 13.2. The average molecular weight is 307 g/mol. The van der Waals surface area contributed by atoms with Crippen LogP contribution in [0.5, 0.6) is 0 Å². The van der Waals surface area contributed by atoms with Crippen LogP contribution >= 0.6 is 0 Å². The number of aromatic nitrogens is 2. The normalized spacial score (nSPS) is 13.0. The lowest BCUT2D eigenvalue weighted by Gasteiger charge is -2.11. The summed E-state index contributed by atoms with van der Waals surface area (Å²) in [6, 6.07) is 10.2. The van der Waals surface area contributed by atoms with Gasteiger partial charge in [-0.1, -0.05) is 12.1 Å². The molecular formula is C18H14FN3O. The molecule has 0 atom stereocenters. The van der Waals surface area contributed by atoms with E-state index >= 15 is 0 Å². The molecule has 0 fully saturated rings. The van der Waals surface area contributed by atoms with Crippen molar-refractivity contribution in [2.24, 2.45) is 7.05 Å². The number of benzene rings is 2. The maximum absolute atomic E-state index is 13.2. The van der Waals surface area contributed by atoms with Gasteiger partial charge in [-0.2, -0.15) is 5.10 Å². The van der Waals surface area contributed by atoms with Crippen LogP contribution in [0.25, 0.3) is 22.3 Å². The van der Waals surface area contributed by atoms with Crippen molar-refractivity contribution in [3.63, 3.8) is 0 Å². The van der Waals surface area contributed by atoms with Crippen LogP contribution in [-0.2, 0) is 13.6 Å². The number of nitrogens with one attached hydrogen (secondary N) is 1. The topological polar surface area (TPSA) is 46.9 Å². The Morgan fingerprint density at radius 2 is 1.83 bits per heavy atom. The number of aryl methyl sites for hydroxylation is 1. The molecule has 2 aromatic carbocycles. The number of hydrogen-bond donors (Lipinski definition) is 1. The minimum absolute atomic E-state index is 0.0684. The zero-order valence-corrected chi connectivity index (χ0v) is 12.5. The minimum Gasteiger partial charge on any atom is -0.348 e. The maximum Gasteiger partial charge on any atom is 0.251 e. The molecule has 0 radical (unpaired) electrons. The molecule has 4 rings (SSSR count). The van der Waals surface area contributed by atoms with Gasteiger partial charge >= 0.3 is 0 Å². The van der Waals surface area contributed by atoms with Crippen LogP contribution in [0, 0.1) is 5.82 Å². The van der Waals surface area contributed by atoms with E-state index in [9.17, 15) is 9.18 Å². The van der Waals surface area contributed by atoms with Crippen molar-refractivity contribution in [2.45, 2.75) is 6.54 Å². The second-order valence-corrected chi connectivity index (χ2v) is 5.65. The number of nitrogens with zero attached hydrogens (tertiary/aromatic N) is 2. The molecule has 0 aliphatic carbocycles. The highest BCUT2D eigenvalue weighted by atomic mass is 19.1. The Labute approximate surface area is 132 Å². The molecule has 0 spiro atoms. The first-order valence-corrected chi connectivity index (χ1v) is 7.32. The highest BCUT2D eigenvalue weighted by molar-refractivity contribution is 6.01. The van der Waals surface area contributed by atoms with E-state index in [0.29, 0.717) is 12.1 Å². The molecule has 114 valence electrons. The number of amides is 1. The number of fused-ring (bicyclic) bond motifs is 1. The summed E-state index contributed by atoms with van der Waals surface area (Å²) in [6.07, 6.45) is 3.72. The van der Waals surface area contributed by atoms with Gasteiger partial charge in [0.25, 0.3) is 5.91 Å². The Hall–Kier alpha value is -2.95. The third kappa shape index (κ3) is 2.30. The Morgan fingerprint density at radius 3 is 2.52 bits per heavy atom. The molecule has 1 amide bonds. The molecular weight excluding hydrogens is 293 g/mol. The van der Waals surface area contributed by atoms with Gasteiger partial charge in [-0.25, -0.2) is 4.39 Å². The van der Waals surface area contributed by atoms with Gasteiger partial charge in [-0.3, -0.25) is 9.48 Å². The molecule has 3 aromatic rings. The predicted molar refractivity (Wildman–Crippen MR) is 85.2 cm³/mol. The van der Waals surface area contributed by atoms with Gasteiger partial charge in [-0.05, 0) is 46.5 Å². The van der Waals surface area contributed by atoms with E-state index in [1.54, 1.807) is 23.0 Å². The largest absolute Gasteiger partial charge is 0.348 e. The van der Waals surface area contributed by atoms with E-state index in [1.807, 2.05) is 25.4 Å². The molecule has 1 aliphatic heterocycles. The first kappa shape index (κ1) is 13.7. The molecule has 1 N–H and O–H groups in total. The molecule has 4 nitrogen and oxygen atoms in total. The lowest BCUT2D eigenvalue weighted by Crippen LogP contribution is -2.12. The van der Waals surface area contributed by atoms with Crippen LogP contribution in [0.3, 0.4) is 0 Å². The molecule has 2 heterocycles. The first-order chi connectivity index (χ1) is 11.1. The highest BCUT2D eigenvalue weighted by Crippen LogP contribution is 2.35. The summed E-state index contributed by atoms with van der Waals surface area (Å²) in [5, 5.41) is 7.06. The molecule has 1 aliphatic rings. The minimum atomic E-state index is -0.282. The summed E-state index contributed by atoms with van der Waals surface area (Å²) >= 11 is 0. The van der Waals surface area contributed by atoms with Crippen molar-refractivity contribution in [2.75, 3.05) is 0 Å². The first-order valence-electron chi connectivity index (χ1n) is 7.32. The van der Waals surface area contributed by atoms with Crippen molar-refractivity contribution < 1.29 is 9.18 Å². The van der Waals surface area contributed by atoms with Crippen molar-refractivity contribution in [3.05, 3.63) is 65.7 Å². The summed E-state index contributed by atoms with van der Waals surface area (Å²) in [7, 11) is 1.86. The number of halogens is 1. The van der Waals surface area contributed by atoms with Crippen LogP contribution < -0.4 is 5.32 Å². The molecule has 0 saturated carbocycles. The zero-order valence-electron chi connectivity index (χ0n) is 12.5. The van der Waals surface area contributed by atoms with Crippen LogP contribution in [0.4, 0.5) is 4.39 Å². The molecule has 0 bridgehead atoms. The second-order valence-electron chi connectivity index (χ2n) is 5.65. The number of carbonyl (C=O) groups is 1. The third-order valence-electron chi connectivity index (χ3n) is 4.10. The fourth-order valence-corrected chi connectivity index (χ4v) is 2.94. The SMILES string of the molecule is Cn1cc(-c2cc3c(cc2-c2ccc(F)cc2)C(=O)NC3)cn1. The van der Waals surface area contributed by atoms with Crippen LogP contribution in [0.1, 0.15) is 15.9 Å². The van der Waals surface area contributed by atoms with Gasteiger partial charge in [0.2, 0.25) is 0 Å². The Kier molecular flexibility index (Phi) is 3.01. The predicted octanol–water partition coefficient (Wildman–Crippen LogP) is 3.14. The Balaban J connectivity index is 1.96. The Morgan fingerprint density at radius 1 is 1.09 bits per heavy atom. The Bertz CT molecular complexity index is 913. The van der Waals surface area contributed by atoms with Gasteiger partial charge in [0.1, 0.15) is 5.82 Å². The average Bonchev–Trinajstić information content (AvgIpc) is 3.13. The molecule has 5 heteroatoms. The summed E-state index contributed by atoms with van der Waals surface area (Å²) in [4.78, 5) is 12.0. The van der Waals surface area contributed by atoms with Crippen molar-refractivity contribution in [1.29, 1.82) is 0 Å². The quantitative estimate of drug-likeness (QED) is 0.790. The van der Waals surface area contributed by atoms with E-state index < -0.39 is 0 Å². The highest BCUT2D eigenvalue weighted by Gasteiger charge is 2.22. The summed E-state index contributed by atoms with van der Waals surface area (Å²) in [5.74, 6) is -0.350. The molecule has 23 heavy (non-hydrogen) atoms. The van der Waals surface area contributed by atoms with E-state index in [-0.39, 0.29) is 11.7 Å². The standard InChI is InChI=1S/C18H14FN3O/c1-22-10-13(9-21-22)15-6-12-8-20-18(23)17(12)7-16(15)11-2-4-14(19)5-3-11/h2-7,9-10H,8H2,1H3,(H,20,23). The monoisotopic (exact) mass is 307 g/mol. The molecule has 0 saturated heterocycles. The number of carbonyl (C=O) groups excluding carboxylic acids is 1. The van der Waals surface area contributed by atoms with Crippen LogP contribution in [0.15, 0.2) is 48.8 Å². The van der Waals surface area contributed by atoms with Gasteiger partial charge < -0.3 is 5.32 Å². The van der Waals surface area contributed by atoms with Gasteiger partial charge in [0.05, 0.1) is 6.20 Å². The zero-order chi connectivity index (χ0) is 16.0. The summed E-state index contributed by atoms with van der Waals surface area (Å²) < 4.78 is 15.0. The summed E-state index contributed by atoms with van der Waals surface area (Å²) in [5.41, 5.74) is 5.37. The molecule has 0 unspecified atom stereocenters. The fraction of sp³-hybridized carbons (Fsp3) is 0.111. The van der Waals surface area contributed by atoms with E-state index in [4.69, 9.17) is 0 Å². The smallest absolute Gasteiger partial charge is 0.251 e. The lowest BCUT2D eigenvalue weighted by atomic mass is 9.92. The second kappa shape index (κ2) is 5.05. The van der Waals surface area contributed by atoms with Gasteiger partial charge in [0, 0.05) is 30.9 Å². The van der Waals surface area contributed by atoms with Crippen molar-refractivity contribution >= 4 is 5.91 Å². The summed E-state index contributed by atoms with van der Waals surface area (Å²) in [6.45, 7) is 0.533.